The van der Waals surface area contributed by atoms with Crippen LogP contribution in [0.2, 0.25) is 0 Å². The van der Waals surface area contributed by atoms with Crippen molar-refractivity contribution in [1.82, 2.24) is 4.90 Å². The van der Waals surface area contributed by atoms with Crippen LogP contribution in [-0.4, -0.2) is 23.1 Å². The molecule has 0 radical (unpaired) electrons. The maximum absolute atomic E-state index is 11.9. The first kappa shape index (κ1) is 11.3. The molecule has 1 aliphatic heterocycles. The van der Waals surface area contributed by atoms with Gasteiger partial charge in [-0.2, -0.15) is 11.3 Å². The molecular formula is C12H15NO2S. The van der Waals surface area contributed by atoms with E-state index in [1.165, 1.54) is 12.5 Å². The number of carbonyl (C=O) groups excluding carboxylic acids is 2. The van der Waals surface area contributed by atoms with Crippen molar-refractivity contribution in [2.24, 2.45) is 0 Å². The number of ketones is 1. The molecule has 2 heterocycles. The maximum Gasteiger partial charge on any atom is 0.230 e. The predicted molar refractivity (Wildman–Crippen MR) is 63.3 cm³/mol. The highest BCUT2D eigenvalue weighted by Crippen LogP contribution is 2.33. The molecule has 1 unspecified atom stereocenters. The van der Waals surface area contributed by atoms with Gasteiger partial charge in [0, 0.05) is 6.54 Å². The number of rotatable bonds is 3. The van der Waals surface area contributed by atoms with Crippen LogP contribution in [-0.2, 0) is 9.59 Å². The Bertz CT molecular complexity index is 386. The van der Waals surface area contributed by atoms with Crippen LogP contribution in [0.5, 0.6) is 0 Å². The summed E-state index contributed by atoms with van der Waals surface area (Å²) in [5.74, 6) is -0.0813. The zero-order valence-electron chi connectivity index (χ0n) is 9.31. The van der Waals surface area contributed by atoms with Crippen molar-refractivity contribution in [2.45, 2.75) is 32.2 Å². The van der Waals surface area contributed by atoms with Crippen LogP contribution >= 0.6 is 11.3 Å². The van der Waals surface area contributed by atoms with Crippen LogP contribution in [0.4, 0.5) is 0 Å². The molecule has 0 spiro atoms. The van der Waals surface area contributed by atoms with Gasteiger partial charge in [-0.15, -0.1) is 0 Å². The number of likely N-dealkylation sites (tertiary alicyclic amines) is 1. The number of hydrogen-bond acceptors (Lipinski definition) is 3. The molecule has 1 atom stereocenters. The van der Waals surface area contributed by atoms with Crippen molar-refractivity contribution in [3.63, 3.8) is 0 Å². The molecular weight excluding hydrogens is 222 g/mol. The first-order valence-corrected chi connectivity index (χ1v) is 6.44. The van der Waals surface area contributed by atoms with Gasteiger partial charge < -0.3 is 4.90 Å². The Hall–Kier alpha value is -1.16. The number of hydrogen-bond donors (Lipinski definition) is 0. The molecule has 1 aliphatic rings. The standard InChI is InChI=1S/C12H15NO2S/c1-9(14)7-12(15)13-5-2-3-11(13)10-4-6-16-8-10/h4,6,8,11H,2-3,5,7H2,1H3. The van der Waals surface area contributed by atoms with E-state index in [9.17, 15) is 9.59 Å². The number of thiophene rings is 1. The van der Waals surface area contributed by atoms with Crippen molar-refractivity contribution in [3.05, 3.63) is 22.4 Å². The van der Waals surface area contributed by atoms with Crippen LogP contribution in [0.1, 0.15) is 37.8 Å². The zero-order valence-corrected chi connectivity index (χ0v) is 10.1. The van der Waals surface area contributed by atoms with E-state index in [0.29, 0.717) is 0 Å². The molecule has 0 saturated carbocycles. The minimum Gasteiger partial charge on any atom is -0.335 e. The monoisotopic (exact) mass is 237 g/mol. The topological polar surface area (TPSA) is 37.4 Å². The third kappa shape index (κ3) is 2.32. The normalized spacial score (nSPS) is 20.1. The van der Waals surface area contributed by atoms with Crippen molar-refractivity contribution < 1.29 is 9.59 Å². The van der Waals surface area contributed by atoms with Gasteiger partial charge in [0.2, 0.25) is 5.91 Å². The third-order valence-corrected chi connectivity index (χ3v) is 3.60. The van der Waals surface area contributed by atoms with Crippen LogP contribution in [0, 0.1) is 0 Å². The zero-order chi connectivity index (χ0) is 11.5. The van der Waals surface area contributed by atoms with Gasteiger partial charge in [0.25, 0.3) is 0 Å². The van der Waals surface area contributed by atoms with Gasteiger partial charge in [0.1, 0.15) is 5.78 Å². The summed E-state index contributed by atoms with van der Waals surface area (Å²) in [6.07, 6.45) is 2.09. The minimum atomic E-state index is -0.0547. The molecule has 1 aromatic rings. The van der Waals surface area contributed by atoms with Gasteiger partial charge in [-0.25, -0.2) is 0 Å². The third-order valence-electron chi connectivity index (χ3n) is 2.90. The number of nitrogens with zero attached hydrogens (tertiary/aromatic N) is 1. The fraction of sp³-hybridized carbons (Fsp3) is 0.500. The highest BCUT2D eigenvalue weighted by molar-refractivity contribution is 7.07. The summed E-state index contributed by atoms with van der Waals surface area (Å²) in [5, 5.41) is 4.12. The lowest BCUT2D eigenvalue weighted by atomic mass is 10.1. The van der Waals surface area contributed by atoms with E-state index in [1.807, 2.05) is 10.3 Å². The Balaban J connectivity index is 2.09. The van der Waals surface area contributed by atoms with Crippen LogP contribution in [0.15, 0.2) is 16.8 Å². The van der Waals surface area contributed by atoms with Gasteiger partial charge in [-0.05, 0) is 42.2 Å². The molecule has 0 N–H and O–H groups in total. The second kappa shape index (κ2) is 4.78. The number of Topliss-reactive ketones (excluding diaryl/α,β-unsaturated/α-hetero) is 1. The maximum atomic E-state index is 11.9. The molecule has 1 amide bonds. The summed E-state index contributed by atoms with van der Waals surface area (Å²) in [6.45, 7) is 2.25. The molecule has 0 bridgehead atoms. The molecule has 4 heteroatoms. The van der Waals surface area contributed by atoms with Crippen LogP contribution in [0.3, 0.4) is 0 Å². The molecule has 0 aromatic carbocycles. The lowest BCUT2D eigenvalue weighted by Gasteiger charge is -2.23. The average Bonchev–Trinajstić information content (AvgIpc) is 2.87. The minimum absolute atomic E-state index is 0.0267. The van der Waals surface area contributed by atoms with Crippen molar-refractivity contribution in [3.8, 4) is 0 Å². The highest BCUT2D eigenvalue weighted by Gasteiger charge is 2.30. The van der Waals surface area contributed by atoms with E-state index < -0.39 is 0 Å². The Morgan fingerprint density at radius 1 is 1.56 bits per heavy atom. The summed E-state index contributed by atoms with van der Waals surface area (Å²) >= 11 is 1.65. The van der Waals surface area contributed by atoms with Crippen LogP contribution < -0.4 is 0 Å². The summed E-state index contributed by atoms with van der Waals surface area (Å²) in [4.78, 5) is 24.7. The molecule has 2 rings (SSSR count). The van der Waals surface area contributed by atoms with Crippen LogP contribution in [0.25, 0.3) is 0 Å². The summed E-state index contributed by atoms with van der Waals surface area (Å²) in [5.41, 5.74) is 1.21. The highest BCUT2D eigenvalue weighted by atomic mass is 32.1. The molecule has 1 aromatic heterocycles. The lowest BCUT2D eigenvalue weighted by Crippen LogP contribution is -2.31. The van der Waals surface area contributed by atoms with E-state index in [-0.39, 0.29) is 24.2 Å². The number of amides is 1. The Morgan fingerprint density at radius 2 is 2.38 bits per heavy atom. The second-order valence-electron chi connectivity index (χ2n) is 4.18. The van der Waals surface area contributed by atoms with E-state index in [2.05, 4.69) is 11.4 Å². The second-order valence-corrected chi connectivity index (χ2v) is 4.96. The van der Waals surface area contributed by atoms with E-state index in [1.54, 1.807) is 11.3 Å². The Kier molecular flexibility index (Phi) is 3.39. The van der Waals surface area contributed by atoms with Gasteiger partial charge in [0.15, 0.2) is 0 Å². The largest absolute Gasteiger partial charge is 0.335 e. The average molecular weight is 237 g/mol. The van der Waals surface area contributed by atoms with Gasteiger partial charge >= 0.3 is 0 Å². The molecule has 1 fully saturated rings. The van der Waals surface area contributed by atoms with Crippen molar-refractivity contribution in [2.75, 3.05) is 6.54 Å². The van der Waals surface area contributed by atoms with Gasteiger partial charge in [-0.3, -0.25) is 9.59 Å². The Labute approximate surface area is 99.1 Å². The quantitative estimate of drug-likeness (QED) is 0.757. The fourth-order valence-electron chi connectivity index (χ4n) is 2.19. The van der Waals surface area contributed by atoms with E-state index in [4.69, 9.17) is 0 Å². The summed E-state index contributed by atoms with van der Waals surface area (Å²) < 4.78 is 0. The number of carbonyl (C=O) groups is 2. The summed E-state index contributed by atoms with van der Waals surface area (Å²) in [7, 11) is 0. The van der Waals surface area contributed by atoms with E-state index >= 15 is 0 Å². The van der Waals surface area contributed by atoms with Crippen molar-refractivity contribution in [1.29, 1.82) is 0 Å². The molecule has 0 aliphatic carbocycles. The summed E-state index contributed by atoms with van der Waals surface area (Å²) in [6, 6.07) is 2.26. The lowest BCUT2D eigenvalue weighted by molar-refractivity contribution is -0.135. The Morgan fingerprint density at radius 3 is 3.00 bits per heavy atom. The first-order chi connectivity index (χ1) is 7.68. The van der Waals surface area contributed by atoms with Gasteiger partial charge in [-0.1, -0.05) is 0 Å². The SMILES string of the molecule is CC(=O)CC(=O)N1CCCC1c1ccsc1. The smallest absolute Gasteiger partial charge is 0.230 e. The predicted octanol–water partition coefficient (Wildman–Crippen LogP) is 2.39. The molecule has 3 nitrogen and oxygen atoms in total. The molecule has 86 valence electrons. The molecule has 1 saturated heterocycles. The molecule has 16 heavy (non-hydrogen) atoms. The van der Waals surface area contributed by atoms with Crippen molar-refractivity contribution >= 4 is 23.0 Å². The van der Waals surface area contributed by atoms with Gasteiger partial charge in [0.05, 0.1) is 12.5 Å². The van der Waals surface area contributed by atoms with E-state index in [0.717, 1.165) is 19.4 Å². The fourth-order valence-corrected chi connectivity index (χ4v) is 2.90. The first-order valence-electron chi connectivity index (χ1n) is 5.49.